The lowest BCUT2D eigenvalue weighted by atomic mass is 9.78. The van der Waals surface area contributed by atoms with Crippen LogP contribution in [0.1, 0.15) is 33.4 Å². The Hall–Kier alpha value is -10.9. The zero-order chi connectivity index (χ0) is 55.5. The number of fused-ring (bicyclic) bond motifs is 8. The van der Waals surface area contributed by atoms with Crippen LogP contribution in [0.25, 0.3) is 143 Å². The molecule has 0 saturated heterocycles. The van der Waals surface area contributed by atoms with Gasteiger partial charge in [-0.2, -0.15) is 0 Å². The molecule has 16 aromatic rings. The van der Waals surface area contributed by atoms with Gasteiger partial charge < -0.3 is 0 Å². The summed E-state index contributed by atoms with van der Waals surface area (Å²) in [4.78, 5) is 0. The van der Waals surface area contributed by atoms with Gasteiger partial charge in [0, 0.05) is 0 Å². The van der Waals surface area contributed by atoms with E-state index in [0.717, 1.165) is 0 Å². The molecule has 0 atom stereocenters. The molecule has 0 spiro atoms. The van der Waals surface area contributed by atoms with Gasteiger partial charge in [-0.3, -0.25) is 0 Å². The molecule has 0 aliphatic carbocycles. The molecule has 0 radical (unpaired) electrons. The minimum absolute atomic E-state index is 1.19. The van der Waals surface area contributed by atoms with Crippen molar-refractivity contribution in [3.63, 3.8) is 0 Å². The highest BCUT2D eigenvalue weighted by Crippen LogP contribution is 2.54. The Morgan fingerprint density at radius 2 is 0.274 bits per heavy atom. The molecule has 0 amide bonds. The molecular weight excluding hydrogens is 1010 g/mol. The van der Waals surface area contributed by atoms with E-state index in [4.69, 9.17) is 0 Å². The van der Waals surface area contributed by atoms with Gasteiger partial charge in [-0.1, -0.05) is 315 Å². The van der Waals surface area contributed by atoms with Crippen LogP contribution < -0.4 is 0 Å². The van der Waals surface area contributed by atoms with Crippen LogP contribution in [0.5, 0.6) is 0 Å². The van der Waals surface area contributed by atoms with E-state index in [0.29, 0.717) is 0 Å². The van der Waals surface area contributed by atoms with E-state index in [1.165, 1.54) is 164 Å². The molecule has 84 heavy (non-hydrogen) atoms. The fraction of sp³-hybridized carbons (Fsp3) is 0. The number of rotatable bonds is 9. The zero-order valence-corrected chi connectivity index (χ0v) is 46.2. The van der Waals surface area contributed by atoms with Crippen molar-refractivity contribution in [2.45, 2.75) is 0 Å². The van der Waals surface area contributed by atoms with Gasteiger partial charge >= 0.3 is 0 Å². The first-order chi connectivity index (χ1) is 41.8. The quantitative estimate of drug-likeness (QED) is 0.0998. The molecule has 0 bridgehead atoms. The average molecular weight is 1060 g/mol. The first-order valence-electron chi connectivity index (χ1n) is 29.2. The molecule has 16 rings (SSSR count). The minimum Gasteiger partial charge on any atom is -0.0622 e. The third-order valence-corrected chi connectivity index (χ3v) is 17.5. The topological polar surface area (TPSA) is 0 Å². The van der Waals surface area contributed by atoms with E-state index in [1.54, 1.807) is 0 Å². The fourth-order valence-corrected chi connectivity index (χ4v) is 13.9. The first kappa shape index (κ1) is 48.9. The summed E-state index contributed by atoms with van der Waals surface area (Å²) >= 11 is 0. The van der Waals surface area contributed by atoms with Crippen molar-refractivity contribution in [3.05, 3.63) is 349 Å². The highest BCUT2D eigenvalue weighted by molar-refractivity contribution is 6.35. The first-order valence-corrected chi connectivity index (χ1v) is 29.2. The summed E-state index contributed by atoms with van der Waals surface area (Å²) in [6.45, 7) is 0. The largest absolute Gasteiger partial charge is 0.0622 e. The second-order valence-electron chi connectivity index (χ2n) is 22.0. The third-order valence-electron chi connectivity index (χ3n) is 17.5. The van der Waals surface area contributed by atoms with Crippen molar-refractivity contribution in [2.75, 3.05) is 0 Å². The number of benzene rings is 16. The molecule has 0 aromatic heterocycles. The molecule has 0 unspecified atom stereocenters. The SMILES string of the molecule is C(=C(c1ccccc1)c1ccccc1)c1c2ccccc2c(-c2c3ccccc3c(-c3c4ccccc4c(-c4c5ccccc5c(C=C(c5ccccc5)c5ccccc5)c5ccccc45)c4ccccc34)c3ccccc23)c2ccccc12. The summed E-state index contributed by atoms with van der Waals surface area (Å²) in [5.74, 6) is 0. The third kappa shape index (κ3) is 7.99. The maximum absolute atomic E-state index is 2.43. The van der Waals surface area contributed by atoms with Crippen molar-refractivity contribution in [1.29, 1.82) is 0 Å². The highest BCUT2D eigenvalue weighted by atomic mass is 14.3. The lowest BCUT2D eigenvalue weighted by molar-refractivity contribution is 1.56. The summed E-state index contributed by atoms with van der Waals surface area (Å²) in [5.41, 5.74) is 17.0. The standard InChI is InChI=1S/C84H54/c1-5-29-55(30-6-1)75(56-31-7-2-8-32-56)53-77-59-37-13-17-41-63(59)79(64-42-18-14-38-60(64)77)81-67-45-21-25-49-71(67)83(72-50-26-22-46-68(72)81)84-73-51-27-23-47-69(73)82(70-48-24-28-52-74(70)84)80-65-43-19-15-39-61(65)78(62-40-16-20-44-66(62)80)54-76(57-33-9-3-10-34-57)58-35-11-4-12-36-58/h1-54H. The molecular formula is C84H54. The van der Waals surface area contributed by atoms with Crippen molar-refractivity contribution in [2.24, 2.45) is 0 Å². The average Bonchev–Trinajstić information content (AvgIpc) is 1.03. The normalized spacial score (nSPS) is 11.6. The summed E-state index contributed by atoms with van der Waals surface area (Å²) in [6, 6.07) is 117. The predicted octanol–water partition coefficient (Wildman–Crippen LogP) is 23.1. The van der Waals surface area contributed by atoms with Crippen LogP contribution in [0.3, 0.4) is 0 Å². The smallest absolute Gasteiger partial charge is 0.00139 e. The van der Waals surface area contributed by atoms with Gasteiger partial charge in [-0.15, -0.1) is 0 Å². The predicted molar refractivity (Wildman–Crippen MR) is 363 cm³/mol. The van der Waals surface area contributed by atoms with Gasteiger partial charge in [-0.25, -0.2) is 0 Å². The second-order valence-corrected chi connectivity index (χ2v) is 22.0. The second kappa shape index (κ2) is 20.6. The molecule has 0 nitrogen and oxygen atoms in total. The van der Waals surface area contributed by atoms with Crippen LogP contribution in [-0.2, 0) is 0 Å². The Morgan fingerprint density at radius 1 is 0.143 bits per heavy atom. The Labute approximate surface area is 488 Å². The van der Waals surface area contributed by atoms with Gasteiger partial charge in [0.25, 0.3) is 0 Å². The van der Waals surface area contributed by atoms with Crippen LogP contribution in [0.4, 0.5) is 0 Å². The molecule has 0 N–H and O–H groups in total. The van der Waals surface area contributed by atoms with Gasteiger partial charge in [0.2, 0.25) is 0 Å². The van der Waals surface area contributed by atoms with Gasteiger partial charge in [0.1, 0.15) is 0 Å². The van der Waals surface area contributed by atoms with Crippen LogP contribution >= 0.6 is 0 Å². The summed E-state index contributed by atoms with van der Waals surface area (Å²) in [5, 5.41) is 19.6. The van der Waals surface area contributed by atoms with Crippen molar-refractivity contribution in [3.8, 4) is 33.4 Å². The molecule has 16 aromatic carbocycles. The van der Waals surface area contributed by atoms with E-state index in [1.807, 2.05) is 0 Å². The summed E-state index contributed by atoms with van der Waals surface area (Å²) in [6.07, 6.45) is 4.87. The fourth-order valence-electron chi connectivity index (χ4n) is 13.9. The molecule has 390 valence electrons. The molecule has 0 heteroatoms. The van der Waals surface area contributed by atoms with Gasteiger partial charge in [-0.05, 0) is 176 Å². The van der Waals surface area contributed by atoms with E-state index >= 15 is 0 Å². The van der Waals surface area contributed by atoms with Crippen molar-refractivity contribution >= 4 is 109 Å². The monoisotopic (exact) mass is 1060 g/mol. The van der Waals surface area contributed by atoms with Crippen LogP contribution in [-0.4, -0.2) is 0 Å². The maximum Gasteiger partial charge on any atom is -0.00139 e. The Kier molecular flexibility index (Phi) is 12.0. The van der Waals surface area contributed by atoms with Crippen LogP contribution in [0.2, 0.25) is 0 Å². The highest BCUT2D eigenvalue weighted by Gasteiger charge is 2.27. The summed E-state index contributed by atoms with van der Waals surface area (Å²) < 4.78 is 0. The van der Waals surface area contributed by atoms with Gasteiger partial charge in [0.05, 0.1) is 0 Å². The molecule has 0 saturated carbocycles. The van der Waals surface area contributed by atoms with E-state index in [2.05, 4.69) is 328 Å². The molecule has 0 heterocycles. The Morgan fingerprint density at radius 3 is 0.440 bits per heavy atom. The lowest BCUT2D eigenvalue weighted by Gasteiger charge is -2.24. The summed E-state index contributed by atoms with van der Waals surface area (Å²) in [7, 11) is 0. The molecule has 0 fully saturated rings. The number of hydrogen-bond acceptors (Lipinski definition) is 0. The van der Waals surface area contributed by atoms with Gasteiger partial charge in [0.15, 0.2) is 0 Å². The Balaban J connectivity index is 0.980. The Bertz CT molecular complexity index is 4670. The van der Waals surface area contributed by atoms with E-state index in [-0.39, 0.29) is 0 Å². The van der Waals surface area contributed by atoms with Crippen LogP contribution in [0, 0.1) is 0 Å². The zero-order valence-electron chi connectivity index (χ0n) is 46.2. The maximum atomic E-state index is 2.43. The molecule has 0 aliphatic rings. The van der Waals surface area contributed by atoms with E-state index in [9.17, 15) is 0 Å². The van der Waals surface area contributed by atoms with E-state index < -0.39 is 0 Å². The molecule has 0 aliphatic heterocycles. The minimum atomic E-state index is 1.19. The van der Waals surface area contributed by atoms with Crippen molar-refractivity contribution in [1.82, 2.24) is 0 Å². The number of hydrogen-bond donors (Lipinski definition) is 0. The lowest BCUT2D eigenvalue weighted by Crippen LogP contribution is -1.97. The van der Waals surface area contributed by atoms with Crippen LogP contribution in [0.15, 0.2) is 315 Å². The van der Waals surface area contributed by atoms with Crippen molar-refractivity contribution < 1.29 is 0 Å².